The lowest BCUT2D eigenvalue weighted by Crippen LogP contribution is -2.40. The van der Waals surface area contributed by atoms with Crippen LogP contribution in [0.1, 0.15) is 86.8 Å². The number of nitrogens with zero attached hydrogens (tertiary/aromatic N) is 4. The Morgan fingerprint density at radius 1 is 1.07 bits per heavy atom. The molecule has 0 saturated carbocycles. The van der Waals surface area contributed by atoms with Crippen molar-refractivity contribution in [3.05, 3.63) is 76.6 Å². The molecule has 1 fully saturated rings. The topological polar surface area (TPSA) is 103 Å². The molecule has 2 aliphatic rings. The third kappa shape index (κ3) is 8.40. The summed E-state index contributed by atoms with van der Waals surface area (Å²) in [6, 6.07) is 12.6. The molecule has 2 N–H and O–H groups in total. The summed E-state index contributed by atoms with van der Waals surface area (Å²) in [4.78, 5) is 34.7. The van der Waals surface area contributed by atoms with Gasteiger partial charge in [-0.15, -0.1) is 0 Å². The molecule has 1 atom stereocenters. The molecule has 0 bridgehead atoms. The number of carbonyl (C=O) groups excluding carboxylic acids is 2. The quantitative estimate of drug-likeness (QED) is 0.413. The lowest BCUT2D eigenvalue weighted by molar-refractivity contribution is -0.132. The lowest BCUT2D eigenvalue weighted by Gasteiger charge is -2.27. The number of rotatable bonds is 7. The standard InChI is InChI=1S/C33H43FN6O3/c1-23(2)39-21-26-19-24(10-14-29(26)43-18-5-3-4-16-35-31(41)22-39)11-15-32(42)40-17-6-7-28(40)33-36-30(37-38-33)20-25-8-12-27(34)13-9-25/h8-10,12-14,19,23,28H,3-7,11,15-18,20-22H2,1-2H3,(H,35,41)(H,36,37,38). The van der Waals surface area contributed by atoms with Gasteiger partial charge in [-0.25, -0.2) is 9.37 Å². The Morgan fingerprint density at radius 2 is 1.88 bits per heavy atom. The van der Waals surface area contributed by atoms with Gasteiger partial charge in [0.2, 0.25) is 11.8 Å². The molecule has 1 unspecified atom stereocenters. The number of carbonyl (C=O) groups is 2. The monoisotopic (exact) mass is 590 g/mol. The third-order valence-electron chi connectivity index (χ3n) is 8.31. The molecule has 2 aromatic carbocycles. The molecule has 10 heteroatoms. The second kappa shape index (κ2) is 14.6. The van der Waals surface area contributed by atoms with Crippen molar-refractivity contribution in [2.24, 2.45) is 0 Å². The zero-order valence-electron chi connectivity index (χ0n) is 25.3. The van der Waals surface area contributed by atoms with Crippen molar-refractivity contribution in [3.63, 3.8) is 0 Å². The predicted octanol–water partition coefficient (Wildman–Crippen LogP) is 4.72. The van der Waals surface area contributed by atoms with Crippen molar-refractivity contribution in [3.8, 4) is 5.75 Å². The van der Waals surface area contributed by atoms with Crippen molar-refractivity contribution in [1.82, 2.24) is 30.3 Å². The number of hydrogen-bond donors (Lipinski definition) is 2. The summed E-state index contributed by atoms with van der Waals surface area (Å²) in [5.41, 5.74) is 3.06. The van der Waals surface area contributed by atoms with Gasteiger partial charge in [0, 0.05) is 44.1 Å². The van der Waals surface area contributed by atoms with E-state index in [0.29, 0.717) is 63.7 Å². The van der Waals surface area contributed by atoms with Crippen LogP contribution in [-0.4, -0.2) is 69.1 Å². The van der Waals surface area contributed by atoms with E-state index in [0.717, 1.165) is 54.5 Å². The van der Waals surface area contributed by atoms with E-state index < -0.39 is 0 Å². The van der Waals surface area contributed by atoms with Crippen LogP contribution < -0.4 is 10.1 Å². The van der Waals surface area contributed by atoms with Gasteiger partial charge < -0.3 is 15.0 Å². The number of H-pyrrole nitrogens is 1. The zero-order chi connectivity index (χ0) is 30.2. The summed E-state index contributed by atoms with van der Waals surface area (Å²) >= 11 is 0. The van der Waals surface area contributed by atoms with Crippen LogP contribution in [0.3, 0.4) is 0 Å². The fourth-order valence-corrected chi connectivity index (χ4v) is 5.81. The fraction of sp³-hybridized carbons (Fsp3) is 0.515. The van der Waals surface area contributed by atoms with Crippen molar-refractivity contribution in [2.45, 2.75) is 83.8 Å². The largest absolute Gasteiger partial charge is 0.493 e. The van der Waals surface area contributed by atoms with Crippen LogP contribution in [0.25, 0.3) is 0 Å². The fourth-order valence-electron chi connectivity index (χ4n) is 5.81. The number of likely N-dealkylation sites (tertiary alicyclic amines) is 1. The Morgan fingerprint density at radius 3 is 2.70 bits per heavy atom. The normalized spacial score (nSPS) is 18.7. The van der Waals surface area contributed by atoms with Gasteiger partial charge in [0.25, 0.3) is 0 Å². The van der Waals surface area contributed by atoms with Gasteiger partial charge in [-0.2, -0.15) is 5.10 Å². The molecule has 9 nitrogen and oxygen atoms in total. The SMILES string of the molecule is CC(C)N1CC(=O)NCCCCCOc2ccc(CCC(=O)N3CCCC3c3n[nH]c(Cc4ccc(F)cc4)n3)cc2C1. The minimum absolute atomic E-state index is 0.0475. The number of ether oxygens (including phenoxy) is 1. The van der Waals surface area contributed by atoms with E-state index in [2.05, 4.69) is 51.4 Å². The number of amides is 2. The van der Waals surface area contributed by atoms with Crippen molar-refractivity contribution in [2.75, 3.05) is 26.2 Å². The molecular weight excluding hydrogens is 547 g/mol. The lowest BCUT2D eigenvalue weighted by atomic mass is 10.0. The molecule has 3 aromatic rings. The summed E-state index contributed by atoms with van der Waals surface area (Å²) in [5, 5.41) is 10.5. The van der Waals surface area contributed by atoms with Crippen LogP contribution in [0.15, 0.2) is 42.5 Å². The van der Waals surface area contributed by atoms with Gasteiger partial charge in [-0.1, -0.05) is 24.3 Å². The Bertz CT molecular complexity index is 1380. The number of nitrogens with one attached hydrogen (secondary N) is 2. The molecular formula is C33H43FN6O3. The number of benzene rings is 2. The van der Waals surface area contributed by atoms with Gasteiger partial charge in [-0.05, 0) is 81.7 Å². The summed E-state index contributed by atoms with van der Waals surface area (Å²) in [6.07, 6.45) is 6.15. The molecule has 1 saturated heterocycles. The second-order valence-electron chi connectivity index (χ2n) is 11.9. The minimum Gasteiger partial charge on any atom is -0.493 e. The maximum atomic E-state index is 13.4. The molecule has 43 heavy (non-hydrogen) atoms. The van der Waals surface area contributed by atoms with E-state index in [-0.39, 0.29) is 29.7 Å². The van der Waals surface area contributed by atoms with E-state index in [4.69, 9.17) is 4.74 Å². The first-order valence-corrected chi connectivity index (χ1v) is 15.6. The first kappa shape index (κ1) is 30.7. The first-order valence-electron chi connectivity index (χ1n) is 15.6. The summed E-state index contributed by atoms with van der Waals surface area (Å²) < 4.78 is 19.4. The van der Waals surface area contributed by atoms with Crippen LogP contribution >= 0.6 is 0 Å². The maximum Gasteiger partial charge on any atom is 0.234 e. The smallest absolute Gasteiger partial charge is 0.234 e. The Balaban J connectivity index is 1.23. The molecule has 5 rings (SSSR count). The zero-order valence-corrected chi connectivity index (χ0v) is 25.3. The average molecular weight is 591 g/mol. The molecule has 0 aliphatic carbocycles. The highest BCUT2D eigenvalue weighted by molar-refractivity contribution is 5.78. The van der Waals surface area contributed by atoms with Crippen LogP contribution in [-0.2, 0) is 29.0 Å². The number of halogens is 1. The van der Waals surface area contributed by atoms with E-state index in [9.17, 15) is 14.0 Å². The summed E-state index contributed by atoms with van der Waals surface area (Å²) in [6.45, 7) is 7.16. The van der Waals surface area contributed by atoms with Gasteiger partial charge in [0.05, 0.1) is 19.2 Å². The van der Waals surface area contributed by atoms with Crippen molar-refractivity contribution >= 4 is 11.8 Å². The van der Waals surface area contributed by atoms with E-state index >= 15 is 0 Å². The van der Waals surface area contributed by atoms with E-state index in [1.807, 2.05) is 11.0 Å². The Kier molecular flexibility index (Phi) is 10.4. The molecule has 2 amide bonds. The number of aromatic nitrogens is 3. The van der Waals surface area contributed by atoms with Gasteiger partial charge in [-0.3, -0.25) is 19.6 Å². The van der Waals surface area contributed by atoms with E-state index in [1.165, 1.54) is 12.1 Å². The van der Waals surface area contributed by atoms with Gasteiger partial charge in [0.1, 0.15) is 17.4 Å². The van der Waals surface area contributed by atoms with Crippen LogP contribution in [0.2, 0.25) is 0 Å². The van der Waals surface area contributed by atoms with Crippen molar-refractivity contribution < 1.29 is 18.7 Å². The van der Waals surface area contributed by atoms with Crippen LogP contribution in [0.5, 0.6) is 5.75 Å². The number of hydrogen-bond acceptors (Lipinski definition) is 6. The summed E-state index contributed by atoms with van der Waals surface area (Å²) in [5.74, 6) is 2.05. The minimum atomic E-state index is -0.268. The summed E-state index contributed by atoms with van der Waals surface area (Å²) in [7, 11) is 0. The number of aryl methyl sites for hydroxylation is 1. The van der Waals surface area contributed by atoms with Crippen LogP contribution in [0.4, 0.5) is 4.39 Å². The Labute approximate surface area is 253 Å². The highest BCUT2D eigenvalue weighted by Crippen LogP contribution is 2.31. The van der Waals surface area contributed by atoms with Gasteiger partial charge >= 0.3 is 0 Å². The number of aromatic amines is 1. The molecule has 3 heterocycles. The Hall–Kier alpha value is -3.79. The predicted molar refractivity (Wildman–Crippen MR) is 162 cm³/mol. The maximum absolute atomic E-state index is 13.4. The second-order valence-corrected chi connectivity index (χ2v) is 11.9. The first-order chi connectivity index (χ1) is 20.9. The highest BCUT2D eigenvalue weighted by Gasteiger charge is 2.32. The molecule has 1 aromatic heterocycles. The number of fused-ring (bicyclic) bond motifs is 1. The average Bonchev–Trinajstić information content (AvgIpc) is 3.66. The third-order valence-corrected chi connectivity index (χ3v) is 8.31. The van der Waals surface area contributed by atoms with Crippen LogP contribution in [0, 0.1) is 5.82 Å². The molecule has 230 valence electrons. The molecule has 0 radical (unpaired) electrons. The molecule has 2 aliphatic heterocycles. The molecule has 0 spiro atoms. The van der Waals surface area contributed by atoms with Gasteiger partial charge in [0.15, 0.2) is 5.82 Å². The highest BCUT2D eigenvalue weighted by atomic mass is 19.1. The van der Waals surface area contributed by atoms with Crippen molar-refractivity contribution in [1.29, 1.82) is 0 Å². The van der Waals surface area contributed by atoms with E-state index in [1.54, 1.807) is 12.1 Å².